The summed E-state index contributed by atoms with van der Waals surface area (Å²) in [6, 6.07) is 13.8. The largest absolute Gasteiger partial charge is 0.356 e. The van der Waals surface area contributed by atoms with Gasteiger partial charge in [0.15, 0.2) is 10.9 Å². The number of aryl methyl sites for hydroxylation is 3. The van der Waals surface area contributed by atoms with Gasteiger partial charge in [0.1, 0.15) is 5.82 Å². The van der Waals surface area contributed by atoms with Crippen LogP contribution in [0.15, 0.2) is 47.6 Å². The summed E-state index contributed by atoms with van der Waals surface area (Å²) in [4.78, 5) is 23.8. The van der Waals surface area contributed by atoms with Gasteiger partial charge in [0.05, 0.1) is 5.75 Å². The second-order valence-corrected chi connectivity index (χ2v) is 8.26. The molecule has 0 bridgehead atoms. The highest BCUT2D eigenvalue weighted by molar-refractivity contribution is 7.99. The Bertz CT molecular complexity index is 1060. The first kappa shape index (κ1) is 21.8. The molecule has 156 valence electrons. The predicted molar refractivity (Wildman–Crippen MR) is 119 cm³/mol. The number of benzene rings is 2. The summed E-state index contributed by atoms with van der Waals surface area (Å²) in [6.45, 7) is 8.10. The fourth-order valence-corrected chi connectivity index (χ4v) is 3.85. The topological polar surface area (TPSA) is 76.9 Å². The van der Waals surface area contributed by atoms with Gasteiger partial charge < -0.3 is 5.32 Å². The molecule has 1 amide bonds. The van der Waals surface area contributed by atoms with Crippen LogP contribution < -0.4 is 5.32 Å². The van der Waals surface area contributed by atoms with Crippen molar-refractivity contribution in [2.75, 3.05) is 12.3 Å². The van der Waals surface area contributed by atoms with E-state index in [2.05, 4.69) is 41.5 Å². The number of aromatic nitrogens is 3. The molecule has 2 aromatic carbocycles. The maximum Gasteiger partial charge on any atom is 0.216 e. The molecule has 3 rings (SSSR count). The van der Waals surface area contributed by atoms with Gasteiger partial charge in [-0.1, -0.05) is 47.7 Å². The third-order valence-electron chi connectivity index (χ3n) is 4.88. The summed E-state index contributed by atoms with van der Waals surface area (Å²) in [6.07, 6.45) is 0.548. The molecule has 1 N–H and O–H groups in total. The normalized spacial score (nSPS) is 10.8. The number of amides is 1. The van der Waals surface area contributed by atoms with Crippen molar-refractivity contribution in [1.82, 2.24) is 20.1 Å². The first-order valence-corrected chi connectivity index (χ1v) is 10.8. The van der Waals surface area contributed by atoms with Crippen LogP contribution in [0.3, 0.4) is 0 Å². The van der Waals surface area contributed by atoms with E-state index in [9.17, 15) is 9.59 Å². The molecular formula is C23H26N4O2S. The Kier molecular flexibility index (Phi) is 7.05. The monoisotopic (exact) mass is 422 g/mol. The molecular weight excluding hydrogens is 396 g/mol. The molecule has 0 radical (unpaired) electrons. The van der Waals surface area contributed by atoms with Gasteiger partial charge in [0.25, 0.3) is 0 Å². The summed E-state index contributed by atoms with van der Waals surface area (Å²) in [5.74, 6) is 0.995. The molecule has 0 aliphatic carbocycles. The summed E-state index contributed by atoms with van der Waals surface area (Å²) in [5.41, 5.74) is 5.14. The summed E-state index contributed by atoms with van der Waals surface area (Å²) >= 11 is 1.37. The van der Waals surface area contributed by atoms with Crippen LogP contribution in [0.1, 0.15) is 39.8 Å². The molecule has 3 aromatic rings. The zero-order chi connectivity index (χ0) is 21.7. The molecule has 0 aliphatic heterocycles. The van der Waals surface area contributed by atoms with Crippen LogP contribution in [0, 0.1) is 20.8 Å². The number of carbonyl (C=O) groups is 2. The first-order valence-electron chi connectivity index (χ1n) is 9.84. The third-order valence-corrected chi connectivity index (χ3v) is 5.81. The maximum atomic E-state index is 12.6. The maximum absolute atomic E-state index is 12.6. The molecule has 7 heteroatoms. The highest BCUT2D eigenvalue weighted by Crippen LogP contribution is 2.24. The summed E-state index contributed by atoms with van der Waals surface area (Å²) in [5, 5.41) is 12.1. The highest BCUT2D eigenvalue weighted by atomic mass is 32.2. The third kappa shape index (κ3) is 5.36. The number of thioether (sulfide) groups is 1. The lowest BCUT2D eigenvalue weighted by molar-refractivity contribution is -0.118. The van der Waals surface area contributed by atoms with E-state index in [1.165, 1.54) is 29.8 Å². The Labute approximate surface area is 181 Å². The van der Waals surface area contributed by atoms with E-state index >= 15 is 0 Å². The molecule has 0 fully saturated rings. The number of nitrogens with zero attached hydrogens (tertiary/aromatic N) is 3. The van der Waals surface area contributed by atoms with Gasteiger partial charge in [0.2, 0.25) is 5.91 Å². The molecule has 0 spiro atoms. The van der Waals surface area contributed by atoms with Gasteiger partial charge in [-0.25, -0.2) is 0 Å². The van der Waals surface area contributed by atoms with Crippen molar-refractivity contribution in [3.8, 4) is 5.69 Å². The Morgan fingerprint density at radius 2 is 1.73 bits per heavy atom. The van der Waals surface area contributed by atoms with Crippen LogP contribution in [0.4, 0.5) is 0 Å². The Balaban J connectivity index is 1.84. The van der Waals surface area contributed by atoms with Gasteiger partial charge in [-0.3, -0.25) is 14.2 Å². The van der Waals surface area contributed by atoms with Crippen LogP contribution in [-0.2, 0) is 11.2 Å². The minimum Gasteiger partial charge on any atom is -0.356 e. The minimum atomic E-state index is -0.0782. The van der Waals surface area contributed by atoms with Crippen LogP contribution in [0.2, 0.25) is 0 Å². The molecule has 0 saturated heterocycles. The molecule has 1 heterocycles. The molecule has 30 heavy (non-hydrogen) atoms. The van der Waals surface area contributed by atoms with Crippen molar-refractivity contribution in [2.45, 2.75) is 39.3 Å². The van der Waals surface area contributed by atoms with E-state index in [4.69, 9.17) is 0 Å². The number of nitrogens with one attached hydrogen (secondary N) is 1. The molecule has 0 atom stereocenters. The Morgan fingerprint density at radius 1 is 1.00 bits per heavy atom. The molecule has 0 unspecified atom stereocenters. The average molecular weight is 423 g/mol. The average Bonchev–Trinajstić information content (AvgIpc) is 3.11. The van der Waals surface area contributed by atoms with Gasteiger partial charge in [-0.05, 0) is 44.0 Å². The van der Waals surface area contributed by atoms with Crippen molar-refractivity contribution < 1.29 is 9.59 Å². The molecule has 1 aromatic heterocycles. The van der Waals surface area contributed by atoms with Crippen LogP contribution in [-0.4, -0.2) is 38.8 Å². The van der Waals surface area contributed by atoms with E-state index in [0.29, 0.717) is 23.7 Å². The van der Waals surface area contributed by atoms with Crippen molar-refractivity contribution in [2.24, 2.45) is 0 Å². The van der Waals surface area contributed by atoms with E-state index in [-0.39, 0.29) is 17.4 Å². The number of hydrogen-bond acceptors (Lipinski definition) is 5. The van der Waals surface area contributed by atoms with Crippen LogP contribution in [0.25, 0.3) is 5.69 Å². The zero-order valence-electron chi connectivity index (χ0n) is 17.7. The lowest BCUT2D eigenvalue weighted by Gasteiger charge is -2.12. The summed E-state index contributed by atoms with van der Waals surface area (Å²) < 4.78 is 1.97. The van der Waals surface area contributed by atoms with Crippen LogP contribution >= 0.6 is 11.8 Å². The van der Waals surface area contributed by atoms with E-state index < -0.39 is 0 Å². The van der Waals surface area contributed by atoms with Gasteiger partial charge >= 0.3 is 0 Å². The molecule has 6 nitrogen and oxygen atoms in total. The number of Topliss-reactive ketones (excluding diaryl/α,β-unsaturated/α-hetero) is 1. The Morgan fingerprint density at radius 3 is 2.40 bits per heavy atom. The van der Waals surface area contributed by atoms with Crippen molar-refractivity contribution in [3.05, 3.63) is 70.5 Å². The lowest BCUT2D eigenvalue weighted by atomic mass is 10.1. The van der Waals surface area contributed by atoms with Crippen molar-refractivity contribution in [3.63, 3.8) is 0 Å². The number of hydrogen-bond donors (Lipinski definition) is 1. The number of carbonyl (C=O) groups excluding carboxylic acids is 2. The van der Waals surface area contributed by atoms with E-state index in [1.807, 2.05) is 41.8 Å². The second kappa shape index (κ2) is 9.71. The SMILES string of the molecule is CC(=O)NCCc1nnc(SCC(=O)c2ccc(C)cc2)n1-c1ccc(C)c(C)c1. The predicted octanol–water partition coefficient (Wildman–Crippen LogP) is 3.85. The van der Waals surface area contributed by atoms with E-state index in [1.54, 1.807) is 0 Å². The smallest absolute Gasteiger partial charge is 0.216 e. The van der Waals surface area contributed by atoms with E-state index in [0.717, 1.165) is 17.1 Å². The van der Waals surface area contributed by atoms with Gasteiger partial charge in [-0.15, -0.1) is 10.2 Å². The second-order valence-electron chi connectivity index (χ2n) is 7.31. The van der Waals surface area contributed by atoms with Gasteiger partial charge in [-0.2, -0.15) is 0 Å². The number of ketones is 1. The van der Waals surface area contributed by atoms with Crippen molar-refractivity contribution in [1.29, 1.82) is 0 Å². The molecule has 0 aliphatic rings. The fourth-order valence-electron chi connectivity index (χ4n) is 2.98. The van der Waals surface area contributed by atoms with Crippen molar-refractivity contribution >= 4 is 23.5 Å². The number of rotatable bonds is 8. The minimum absolute atomic E-state index is 0.0504. The highest BCUT2D eigenvalue weighted by Gasteiger charge is 2.17. The van der Waals surface area contributed by atoms with Crippen LogP contribution in [0.5, 0.6) is 0 Å². The molecule has 0 saturated carbocycles. The zero-order valence-corrected chi connectivity index (χ0v) is 18.5. The lowest BCUT2D eigenvalue weighted by Crippen LogP contribution is -2.23. The fraction of sp³-hybridized carbons (Fsp3) is 0.304. The Hall–Kier alpha value is -2.93. The quantitative estimate of drug-likeness (QED) is 0.441. The summed E-state index contributed by atoms with van der Waals surface area (Å²) in [7, 11) is 0. The first-order chi connectivity index (χ1) is 14.3. The van der Waals surface area contributed by atoms with Gasteiger partial charge in [0, 0.05) is 31.1 Å². The standard InChI is InChI=1S/C23H26N4O2S/c1-15-5-8-19(9-6-15)21(29)14-30-23-26-25-22(11-12-24-18(4)28)27(23)20-10-7-16(2)17(3)13-20/h5-10,13H,11-12,14H2,1-4H3,(H,24,28).